The van der Waals surface area contributed by atoms with Gasteiger partial charge in [0, 0.05) is 44.5 Å². The lowest BCUT2D eigenvalue weighted by Crippen LogP contribution is -2.09. The number of nitrogens with zero attached hydrogens (tertiary/aromatic N) is 2. The highest BCUT2D eigenvalue weighted by Gasteiger charge is 2.19. The molecule has 5 nitrogen and oxygen atoms in total. The highest BCUT2D eigenvalue weighted by atomic mass is 35.5. The molecule has 2 aromatic heterocycles. The average Bonchev–Trinajstić information content (AvgIpc) is 2.85. The summed E-state index contributed by atoms with van der Waals surface area (Å²) in [6, 6.07) is 13.1. The second kappa shape index (κ2) is 6.04. The van der Waals surface area contributed by atoms with Gasteiger partial charge in [0.2, 0.25) is 0 Å². The maximum Gasteiger partial charge on any atom is 0.323 e. The van der Waals surface area contributed by atoms with Gasteiger partial charge in [-0.25, -0.2) is 0 Å². The van der Waals surface area contributed by atoms with Crippen molar-refractivity contribution < 1.29 is 9.90 Å². The first kappa shape index (κ1) is 16.4. The van der Waals surface area contributed by atoms with Crippen LogP contribution in [0.4, 0.5) is 5.69 Å². The maximum atomic E-state index is 11.4. The summed E-state index contributed by atoms with van der Waals surface area (Å²) in [5.74, 6) is -0.889. The van der Waals surface area contributed by atoms with Gasteiger partial charge in [0.1, 0.15) is 6.54 Å². The Morgan fingerprint density at radius 3 is 2.77 bits per heavy atom. The van der Waals surface area contributed by atoms with Gasteiger partial charge < -0.3 is 15.4 Å². The zero-order valence-corrected chi connectivity index (χ0v) is 14.8. The summed E-state index contributed by atoms with van der Waals surface area (Å²) < 4.78 is 1.80. The van der Waals surface area contributed by atoms with Crippen LogP contribution in [-0.2, 0) is 11.3 Å². The number of hydrogen-bond acceptors (Lipinski definition) is 3. The van der Waals surface area contributed by atoms with Gasteiger partial charge >= 0.3 is 5.97 Å². The third kappa shape index (κ3) is 2.57. The molecular formula is C20H16ClN3O2. The minimum Gasteiger partial charge on any atom is -0.480 e. The van der Waals surface area contributed by atoms with Crippen LogP contribution in [0.25, 0.3) is 32.9 Å². The number of rotatable bonds is 3. The molecule has 0 radical (unpaired) electrons. The average molecular weight is 366 g/mol. The fraction of sp³-hybridized carbons (Fsp3) is 0.100. The van der Waals surface area contributed by atoms with Crippen LogP contribution in [0.2, 0.25) is 5.02 Å². The predicted molar refractivity (Wildman–Crippen MR) is 104 cm³/mol. The summed E-state index contributed by atoms with van der Waals surface area (Å²) >= 11 is 6.10. The molecule has 0 fully saturated rings. The lowest BCUT2D eigenvalue weighted by molar-refractivity contribution is -0.137. The minimum absolute atomic E-state index is 0.110. The van der Waals surface area contributed by atoms with Gasteiger partial charge in [-0.3, -0.25) is 9.78 Å². The molecule has 2 heterocycles. The molecule has 0 bridgehead atoms. The van der Waals surface area contributed by atoms with Crippen molar-refractivity contribution in [2.75, 3.05) is 5.73 Å². The molecule has 0 aliphatic rings. The Morgan fingerprint density at radius 2 is 2.00 bits per heavy atom. The third-order valence-electron chi connectivity index (χ3n) is 4.61. The molecule has 0 atom stereocenters. The predicted octanol–water partition coefficient (Wildman–Crippen LogP) is 4.49. The summed E-state index contributed by atoms with van der Waals surface area (Å²) in [4.78, 5) is 15.8. The van der Waals surface area contributed by atoms with Gasteiger partial charge in [-0.2, -0.15) is 0 Å². The van der Waals surface area contributed by atoms with E-state index in [4.69, 9.17) is 17.3 Å². The first-order valence-corrected chi connectivity index (χ1v) is 8.48. The topological polar surface area (TPSA) is 81.1 Å². The Balaban J connectivity index is 2.11. The molecule has 0 saturated heterocycles. The minimum atomic E-state index is -0.889. The standard InChI is InChI=1S/C20H16ClN3O2/c1-11-20(15-6-7-23-17-8-12(21)2-4-14(15)17)16-9-13(22)3-5-18(16)24(11)10-19(25)26/h2-9H,10,22H2,1H3,(H,25,26). The molecule has 6 heteroatoms. The van der Waals surface area contributed by atoms with Crippen molar-refractivity contribution in [1.82, 2.24) is 9.55 Å². The highest BCUT2D eigenvalue weighted by molar-refractivity contribution is 6.31. The van der Waals surface area contributed by atoms with Gasteiger partial charge in [-0.1, -0.05) is 17.7 Å². The molecule has 0 amide bonds. The number of nitrogens with two attached hydrogens (primary N) is 1. The molecule has 3 N–H and O–H groups in total. The molecule has 2 aromatic carbocycles. The SMILES string of the molecule is Cc1c(-c2ccnc3cc(Cl)ccc23)c2cc(N)ccc2n1CC(=O)O. The number of aliphatic carboxylic acids is 1. The van der Waals surface area contributed by atoms with Crippen LogP contribution in [-0.4, -0.2) is 20.6 Å². The van der Waals surface area contributed by atoms with E-state index in [-0.39, 0.29) is 6.54 Å². The summed E-state index contributed by atoms with van der Waals surface area (Å²) in [6.07, 6.45) is 1.74. The van der Waals surface area contributed by atoms with Gasteiger partial charge in [-0.05, 0) is 48.9 Å². The summed E-state index contributed by atoms with van der Waals surface area (Å²) in [7, 11) is 0. The zero-order chi connectivity index (χ0) is 18.4. The summed E-state index contributed by atoms with van der Waals surface area (Å²) in [5.41, 5.74) is 11.1. The van der Waals surface area contributed by atoms with E-state index >= 15 is 0 Å². The Bertz CT molecular complexity index is 1180. The molecule has 4 aromatic rings. The van der Waals surface area contributed by atoms with Crippen LogP contribution in [0.5, 0.6) is 0 Å². The quantitative estimate of drug-likeness (QED) is 0.524. The number of pyridine rings is 1. The van der Waals surface area contributed by atoms with Crippen LogP contribution in [0.3, 0.4) is 0 Å². The van der Waals surface area contributed by atoms with Crippen molar-refractivity contribution in [3.8, 4) is 11.1 Å². The maximum absolute atomic E-state index is 11.4. The molecule has 0 unspecified atom stereocenters. The highest BCUT2D eigenvalue weighted by Crippen LogP contribution is 2.39. The van der Waals surface area contributed by atoms with Crippen molar-refractivity contribution >= 4 is 45.1 Å². The van der Waals surface area contributed by atoms with E-state index in [1.807, 2.05) is 43.3 Å². The van der Waals surface area contributed by atoms with Crippen molar-refractivity contribution in [2.45, 2.75) is 13.5 Å². The fourth-order valence-electron chi connectivity index (χ4n) is 3.52. The molecule has 0 saturated carbocycles. The third-order valence-corrected chi connectivity index (χ3v) is 4.85. The van der Waals surface area contributed by atoms with Crippen LogP contribution in [0.15, 0.2) is 48.7 Å². The Labute approximate surface area is 154 Å². The second-order valence-electron chi connectivity index (χ2n) is 6.24. The number of aromatic nitrogens is 2. The van der Waals surface area contributed by atoms with E-state index in [9.17, 15) is 9.90 Å². The first-order chi connectivity index (χ1) is 12.5. The van der Waals surface area contributed by atoms with Crippen molar-refractivity contribution in [3.63, 3.8) is 0 Å². The molecule has 26 heavy (non-hydrogen) atoms. The van der Waals surface area contributed by atoms with Crippen molar-refractivity contribution in [2.24, 2.45) is 0 Å². The molecule has 130 valence electrons. The fourth-order valence-corrected chi connectivity index (χ4v) is 3.68. The summed E-state index contributed by atoms with van der Waals surface area (Å²) in [6.45, 7) is 1.82. The van der Waals surface area contributed by atoms with Crippen molar-refractivity contribution in [3.05, 3.63) is 59.4 Å². The number of fused-ring (bicyclic) bond motifs is 2. The molecule has 0 spiro atoms. The van der Waals surface area contributed by atoms with E-state index in [1.165, 1.54) is 0 Å². The lowest BCUT2D eigenvalue weighted by atomic mass is 9.98. The monoisotopic (exact) mass is 365 g/mol. The number of halogens is 1. The Hall–Kier alpha value is -3.05. The number of carboxylic acid groups (broad SMARTS) is 1. The molecule has 0 aliphatic carbocycles. The van der Waals surface area contributed by atoms with E-state index in [2.05, 4.69) is 4.98 Å². The molecular weight excluding hydrogens is 350 g/mol. The number of nitrogen functional groups attached to an aromatic ring is 1. The van der Waals surface area contributed by atoms with Gasteiger partial charge in [-0.15, -0.1) is 0 Å². The van der Waals surface area contributed by atoms with E-state index in [0.29, 0.717) is 10.7 Å². The van der Waals surface area contributed by atoms with Crippen molar-refractivity contribution in [1.29, 1.82) is 0 Å². The molecule has 4 rings (SSSR count). The Morgan fingerprint density at radius 1 is 1.19 bits per heavy atom. The molecule has 0 aliphatic heterocycles. The van der Waals surface area contributed by atoms with Gasteiger partial charge in [0.15, 0.2) is 0 Å². The first-order valence-electron chi connectivity index (χ1n) is 8.10. The van der Waals surface area contributed by atoms with Gasteiger partial charge in [0.25, 0.3) is 0 Å². The zero-order valence-electron chi connectivity index (χ0n) is 14.0. The number of carboxylic acids is 1. The lowest BCUT2D eigenvalue weighted by Gasteiger charge is -2.08. The smallest absolute Gasteiger partial charge is 0.323 e. The van der Waals surface area contributed by atoms with Crippen LogP contribution in [0.1, 0.15) is 5.69 Å². The van der Waals surface area contributed by atoms with Crippen LogP contribution < -0.4 is 5.73 Å². The largest absolute Gasteiger partial charge is 0.480 e. The normalized spacial score (nSPS) is 11.3. The number of carbonyl (C=O) groups is 1. The summed E-state index contributed by atoms with van der Waals surface area (Å²) in [5, 5.41) is 11.8. The van der Waals surface area contributed by atoms with Crippen LogP contribution >= 0.6 is 11.6 Å². The van der Waals surface area contributed by atoms with E-state index < -0.39 is 5.97 Å². The Kier molecular flexibility index (Phi) is 3.81. The number of hydrogen-bond donors (Lipinski definition) is 2. The van der Waals surface area contributed by atoms with Gasteiger partial charge in [0.05, 0.1) is 5.52 Å². The van der Waals surface area contributed by atoms with E-state index in [1.54, 1.807) is 16.8 Å². The second-order valence-corrected chi connectivity index (χ2v) is 6.67. The number of benzene rings is 2. The number of anilines is 1. The van der Waals surface area contributed by atoms with Crippen LogP contribution in [0, 0.1) is 6.92 Å². The van der Waals surface area contributed by atoms with E-state index in [0.717, 1.165) is 38.6 Å².